The molecule has 0 bridgehead atoms. The van der Waals surface area contributed by atoms with Gasteiger partial charge in [-0.3, -0.25) is 4.79 Å². The van der Waals surface area contributed by atoms with Gasteiger partial charge in [0, 0.05) is 23.6 Å². The number of halogens is 2. The van der Waals surface area contributed by atoms with E-state index in [4.69, 9.17) is 0 Å². The van der Waals surface area contributed by atoms with Crippen molar-refractivity contribution in [3.63, 3.8) is 0 Å². The van der Waals surface area contributed by atoms with Gasteiger partial charge in [-0.1, -0.05) is 12.1 Å². The second-order valence-corrected chi connectivity index (χ2v) is 6.59. The first-order chi connectivity index (χ1) is 14.1. The Morgan fingerprint density at radius 1 is 0.966 bits per heavy atom. The molecule has 29 heavy (non-hydrogen) atoms. The third kappa shape index (κ3) is 2.94. The van der Waals surface area contributed by atoms with E-state index in [1.54, 1.807) is 30.5 Å². The number of rotatable bonds is 3. The van der Waals surface area contributed by atoms with E-state index in [9.17, 15) is 13.6 Å². The van der Waals surface area contributed by atoms with Gasteiger partial charge in [0.05, 0.1) is 5.69 Å². The maximum absolute atomic E-state index is 14.2. The highest BCUT2D eigenvalue weighted by molar-refractivity contribution is 5.84. The van der Waals surface area contributed by atoms with Gasteiger partial charge < -0.3 is 4.98 Å². The number of nitrogens with one attached hydrogen (secondary N) is 1. The van der Waals surface area contributed by atoms with Crippen LogP contribution < -0.4 is 5.56 Å². The van der Waals surface area contributed by atoms with Crippen molar-refractivity contribution in [2.75, 3.05) is 0 Å². The molecule has 0 fully saturated rings. The topological polar surface area (TPSA) is 75.9 Å². The second-order valence-electron chi connectivity index (χ2n) is 6.59. The molecule has 3 aromatic heterocycles. The van der Waals surface area contributed by atoms with Crippen LogP contribution in [0.15, 0.2) is 65.6 Å². The van der Waals surface area contributed by atoms with Crippen LogP contribution in [-0.2, 0) is 6.42 Å². The molecule has 6 nitrogen and oxygen atoms in total. The average Bonchev–Trinajstić information content (AvgIpc) is 3.13. The van der Waals surface area contributed by atoms with Crippen molar-refractivity contribution >= 4 is 16.4 Å². The van der Waals surface area contributed by atoms with Gasteiger partial charge in [-0.2, -0.15) is 9.61 Å². The summed E-state index contributed by atoms with van der Waals surface area (Å²) in [5.74, 6) is -0.596. The van der Waals surface area contributed by atoms with Gasteiger partial charge in [-0.15, -0.1) is 10.2 Å². The first-order valence-corrected chi connectivity index (χ1v) is 8.86. The van der Waals surface area contributed by atoms with E-state index < -0.39 is 11.6 Å². The van der Waals surface area contributed by atoms with Gasteiger partial charge in [-0.25, -0.2) is 8.78 Å². The summed E-state index contributed by atoms with van der Waals surface area (Å²) in [5.41, 5.74) is 1.52. The highest BCUT2D eigenvalue weighted by Gasteiger charge is 2.14. The molecule has 0 spiro atoms. The van der Waals surface area contributed by atoms with Crippen molar-refractivity contribution in [1.29, 1.82) is 0 Å². The molecule has 1 N–H and O–H groups in total. The lowest BCUT2D eigenvalue weighted by molar-refractivity contribution is 0.602. The smallest absolute Gasteiger partial charge is 0.255 e. The molecule has 2 aromatic carbocycles. The lowest BCUT2D eigenvalue weighted by Gasteiger charge is -2.06. The fraction of sp³-hybridized carbons (Fsp3) is 0.0476. The monoisotopic (exact) mass is 389 g/mol. The Morgan fingerprint density at radius 2 is 1.86 bits per heavy atom. The zero-order valence-electron chi connectivity index (χ0n) is 14.9. The van der Waals surface area contributed by atoms with Crippen LogP contribution >= 0.6 is 0 Å². The number of aromatic amines is 1. The van der Waals surface area contributed by atoms with Crippen LogP contribution in [0.1, 0.15) is 11.4 Å². The lowest BCUT2D eigenvalue weighted by Crippen LogP contribution is -2.07. The molecular weight excluding hydrogens is 376 g/mol. The van der Waals surface area contributed by atoms with Crippen molar-refractivity contribution in [3.05, 3.63) is 94.2 Å². The Bertz CT molecular complexity index is 1440. The number of H-pyrrole nitrogens is 1. The zero-order valence-corrected chi connectivity index (χ0v) is 14.9. The van der Waals surface area contributed by atoms with Crippen LogP contribution in [0, 0.1) is 11.6 Å². The molecule has 0 saturated heterocycles. The predicted octanol–water partition coefficient (Wildman–Crippen LogP) is 3.50. The number of nitrogens with zero attached hydrogens (tertiary/aromatic N) is 4. The SMILES string of the molecule is O=c1[nH]ccc2c(Cc3nnc4ccc(-c5cc(F)ccc5F)nn34)cccc12. The molecule has 0 atom stereocenters. The Kier molecular flexibility index (Phi) is 3.90. The molecule has 0 saturated carbocycles. The largest absolute Gasteiger partial charge is 0.329 e. The molecule has 5 rings (SSSR count). The minimum absolute atomic E-state index is 0.0586. The summed E-state index contributed by atoms with van der Waals surface area (Å²) < 4.78 is 29.2. The van der Waals surface area contributed by atoms with Crippen LogP contribution in [0.25, 0.3) is 27.7 Å². The molecule has 0 aliphatic heterocycles. The van der Waals surface area contributed by atoms with Crippen LogP contribution in [0.5, 0.6) is 0 Å². The number of hydrogen-bond acceptors (Lipinski definition) is 4. The molecule has 8 heteroatoms. The van der Waals surface area contributed by atoms with Crippen LogP contribution in [0.4, 0.5) is 8.78 Å². The summed E-state index contributed by atoms with van der Waals surface area (Å²) in [5, 5.41) is 14.1. The quantitative estimate of drug-likeness (QED) is 0.512. The van der Waals surface area contributed by atoms with E-state index in [0.717, 1.165) is 29.1 Å². The highest BCUT2D eigenvalue weighted by atomic mass is 19.1. The number of aromatic nitrogens is 5. The molecule has 0 aliphatic carbocycles. The van der Waals surface area contributed by atoms with E-state index in [-0.39, 0.29) is 16.8 Å². The summed E-state index contributed by atoms with van der Waals surface area (Å²) >= 11 is 0. The van der Waals surface area contributed by atoms with Crippen LogP contribution in [0.2, 0.25) is 0 Å². The summed E-state index contributed by atoms with van der Waals surface area (Å²) in [7, 11) is 0. The predicted molar refractivity (Wildman–Crippen MR) is 104 cm³/mol. The summed E-state index contributed by atoms with van der Waals surface area (Å²) in [6.07, 6.45) is 1.96. The van der Waals surface area contributed by atoms with Gasteiger partial charge in [0.1, 0.15) is 11.6 Å². The summed E-state index contributed by atoms with van der Waals surface area (Å²) in [6, 6.07) is 13.7. The van der Waals surface area contributed by atoms with E-state index in [1.807, 2.05) is 12.1 Å². The molecule has 142 valence electrons. The molecular formula is C21H13F2N5O. The standard InChI is InChI=1S/C21H13F2N5O/c22-13-4-5-17(23)16(11-13)18-6-7-19-25-26-20(28(19)27-18)10-12-2-1-3-15-14(12)8-9-24-21(15)29/h1-9,11H,10H2,(H,24,29). The average molecular weight is 389 g/mol. The van der Waals surface area contributed by atoms with Crippen molar-refractivity contribution in [3.8, 4) is 11.3 Å². The van der Waals surface area contributed by atoms with Crippen molar-refractivity contribution in [2.45, 2.75) is 6.42 Å². The zero-order chi connectivity index (χ0) is 20.0. The normalized spacial score (nSPS) is 11.4. The van der Waals surface area contributed by atoms with E-state index in [1.165, 1.54) is 4.52 Å². The summed E-state index contributed by atoms with van der Waals surface area (Å²) in [4.78, 5) is 14.7. The van der Waals surface area contributed by atoms with Crippen molar-refractivity contribution in [2.24, 2.45) is 0 Å². The first kappa shape index (κ1) is 17.2. The lowest BCUT2D eigenvalue weighted by atomic mass is 10.0. The molecule has 0 unspecified atom stereocenters. The second kappa shape index (κ2) is 6.59. The minimum Gasteiger partial charge on any atom is -0.329 e. The Balaban J connectivity index is 1.63. The van der Waals surface area contributed by atoms with E-state index in [2.05, 4.69) is 20.3 Å². The van der Waals surface area contributed by atoms with Crippen molar-refractivity contribution < 1.29 is 8.78 Å². The number of pyridine rings is 1. The number of benzene rings is 2. The minimum atomic E-state index is -0.568. The third-order valence-electron chi connectivity index (χ3n) is 4.79. The van der Waals surface area contributed by atoms with E-state index >= 15 is 0 Å². The van der Waals surface area contributed by atoms with Crippen molar-refractivity contribution in [1.82, 2.24) is 24.8 Å². The van der Waals surface area contributed by atoms with Gasteiger partial charge in [0.25, 0.3) is 5.56 Å². The van der Waals surface area contributed by atoms with Gasteiger partial charge in [0.15, 0.2) is 11.5 Å². The Labute approximate surface area is 162 Å². The maximum atomic E-state index is 14.2. The van der Waals surface area contributed by atoms with Gasteiger partial charge >= 0.3 is 0 Å². The summed E-state index contributed by atoms with van der Waals surface area (Å²) in [6.45, 7) is 0. The molecule has 3 heterocycles. The third-order valence-corrected chi connectivity index (χ3v) is 4.79. The van der Waals surface area contributed by atoms with Gasteiger partial charge in [0.2, 0.25) is 0 Å². The number of hydrogen-bond donors (Lipinski definition) is 1. The maximum Gasteiger partial charge on any atom is 0.255 e. The molecule has 0 radical (unpaired) electrons. The molecule has 0 aliphatic rings. The van der Waals surface area contributed by atoms with E-state index in [0.29, 0.717) is 23.3 Å². The fourth-order valence-corrected chi connectivity index (χ4v) is 3.39. The number of fused-ring (bicyclic) bond motifs is 2. The van der Waals surface area contributed by atoms with Crippen LogP contribution in [0.3, 0.4) is 0 Å². The Morgan fingerprint density at radius 3 is 2.76 bits per heavy atom. The molecule has 5 aromatic rings. The fourth-order valence-electron chi connectivity index (χ4n) is 3.39. The first-order valence-electron chi connectivity index (χ1n) is 8.86. The molecule has 0 amide bonds. The highest BCUT2D eigenvalue weighted by Crippen LogP contribution is 2.23. The van der Waals surface area contributed by atoms with Crippen LogP contribution in [-0.4, -0.2) is 24.8 Å². The van der Waals surface area contributed by atoms with Gasteiger partial charge in [-0.05, 0) is 53.4 Å². The Hall–Kier alpha value is -3.94.